The Morgan fingerprint density at radius 3 is 2.69 bits per heavy atom. The van der Waals surface area contributed by atoms with E-state index in [9.17, 15) is 4.79 Å². The molecule has 0 bridgehead atoms. The van der Waals surface area contributed by atoms with Crippen molar-refractivity contribution in [2.45, 2.75) is 52.1 Å². The molecule has 88 valence electrons. The minimum atomic E-state index is -0.428. The average Bonchev–Trinajstić information content (AvgIpc) is 2.58. The van der Waals surface area contributed by atoms with E-state index in [2.05, 4.69) is 0 Å². The average molecular weight is 221 g/mol. The van der Waals surface area contributed by atoms with Gasteiger partial charge in [-0.15, -0.1) is 0 Å². The lowest BCUT2D eigenvalue weighted by Crippen LogP contribution is -2.28. The van der Waals surface area contributed by atoms with Gasteiger partial charge in [-0.2, -0.15) is 0 Å². The molecule has 0 amide bonds. The van der Waals surface area contributed by atoms with Gasteiger partial charge in [0.15, 0.2) is 0 Å². The van der Waals surface area contributed by atoms with Crippen molar-refractivity contribution in [2.75, 3.05) is 0 Å². The Bertz CT molecular complexity index is 399. The molecule has 0 aromatic carbocycles. The van der Waals surface area contributed by atoms with Crippen molar-refractivity contribution >= 4 is 6.09 Å². The maximum Gasteiger partial charge on any atom is 0.418 e. The van der Waals surface area contributed by atoms with Gasteiger partial charge in [-0.25, -0.2) is 4.79 Å². The number of fused-ring (bicyclic) bond motifs is 1. The van der Waals surface area contributed by atoms with Gasteiger partial charge in [-0.05, 0) is 58.1 Å². The van der Waals surface area contributed by atoms with Crippen LogP contribution in [0.4, 0.5) is 4.79 Å². The predicted molar refractivity (Wildman–Crippen MR) is 62.7 cm³/mol. The number of hydrogen-bond acceptors (Lipinski definition) is 2. The second-order valence-corrected chi connectivity index (χ2v) is 5.35. The van der Waals surface area contributed by atoms with E-state index in [1.54, 1.807) is 4.57 Å². The van der Waals surface area contributed by atoms with Crippen molar-refractivity contribution in [1.29, 1.82) is 0 Å². The fourth-order valence-corrected chi connectivity index (χ4v) is 2.10. The molecule has 3 heteroatoms. The lowest BCUT2D eigenvalue weighted by molar-refractivity contribution is 0.0532. The minimum Gasteiger partial charge on any atom is -0.443 e. The van der Waals surface area contributed by atoms with Crippen molar-refractivity contribution in [2.24, 2.45) is 0 Å². The van der Waals surface area contributed by atoms with Crippen LogP contribution in [0.1, 0.15) is 44.9 Å². The Morgan fingerprint density at radius 2 is 2.00 bits per heavy atom. The topological polar surface area (TPSA) is 31.2 Å². The third kappa shape index (κ3) is 2.29. The highest BCUT2D eigenvalue weighted by Gasteiger charge is 2.22. The zero-order valence-electron chi connectivity index (χ0n) is 10.2. The molecule has 1 aromatic rings. The van der Waals surface area contributed by atoms with E-state index in [4.69, 9.17) is 4.74 Å². The van der Waals surface area contributed by atoms with Gasteiger partial charge < -0.3 is 4.74 Å². The third-order valence-corrected chi connectivity index (χ3v) is 2.79. The number of ether oxygens (including phenoxy) is 1. The summed E-state index contributed by atoms with van der Waals surface area (Å²) < 4.78 is 7.04. The molecule has 0 unspecified atom stereocenters. The molecule has 0 saturated carbocycles. The van der Waals surface area contributed by atoms with Crippen LogP contribution in [-0.2, 0) is 17.6 Å². The molecule has 0 aliphatic heterocycles. The normalized spacial score (nSPS) is 15.7. The SMILES string of the molecule is CC(C)(C)OC(=O)n1ccc2c1CCCC2. The van der Waals surface area contributed by atoms with Crippen LogP contribution >= 0.6 is 0 Å². The Balaban J connectivity index is 2.21. The van der Waals surface area contributed by atoms with Gasteiger partial charge in [0, 0.05) is 11.9 Å². The van der Waals surface area contributed by atoms with Crippen LogP contribution in [0.2, 0.25) is 0 Å². The molecule has 0 fully saturated rings. The van der Waals surface area contributed by atoms with Gasteiger partial charge in [-0.1, -0.05) is 0 Å². The summed E-state index contributed by atoms with van der Waals surface area (Å²) >= 11 is 0. The van der Waals surface area contributed by atoms with Gasteiger partial charge in [0.05, 0.1) is 0 Å². The second kappa shape index (κ2) is 3.96. The van der Waals surface area contributed by atoms with Crippen LogP contribution < -0.4 is 0 Å². The summed E-state index contributed by atoms with van der Waals surface area (Å²) in [7, 11) is 0. The third-order valence-electron chi connectivity index (χ3n) is 2.79. The summed E-state index contributed by atoms with van der Waals surface area (Å²) in [6.45, 7) is 5.67. The smallest absolute Gasteiger partial charge is 0.418 e. The van der Waals surface area contributed by atoms with Crippen LogP contribution in [-0.4, -0.2) is 16.3 Å². The Morgan fingerprint density at radius 1 is 1.31 bits per heavy atom. The van der Waals surface area contributed by atoms with E-state index in [-0.39, 0.29) is 6.09 Å². The molecule has 0 N–H and O–H groups in total. The van der Waals surface area contributed by atoms with E-state index < -0.39 is 5.60 Å². The van der Waals surface area contributed by atoms with E-state index in [0.717, 1.165) is 18.5 Å². The highest BCUT2D eigenvalue weighted by atomic mass is 16.6. The minimum absolute atomic E-state index is 0.254. The highest BCUT2D eigenvalue weighted by molar-refractivity contribution is 5.72. The number of carbonyl (C=O) groups excluding carboxylic acids is 1. The molecule has 0 radical (unpaired) electrons. The maximum absolute atomic E-state index is 11.9. The Kier molecular flexibility index (Phi) is 2.78. The quantitative estimate of drug-likeness (QED) is 0.674. The molecule has 0 spiro atoms. The Labute approximate surface area is 96.4 Å². The van der Waals surface area contributed by atoms with Gasteiger partial charge in [0.25, 0.3) is 0 Å². The first kappa shape index (κ1) is 11.2. The molecule has 1 aliphatic rings. The molecule has 0 saturated heterocycles. The summed E-state index contributed by atoms with van der Waals surface area (Å²) in [6, 6.07) is 2.04. The van der Waals surface area contributed by atoms with Gasteiger partial charge in [-0.3, -0.25) is 4.57 Å². The van der Waals surface area contributed by atoms with E-state index in [0.29, 0.717) is 0 Å². The number of rotatable bonds is 0. The van der Waals surface area contributed by atoms with Crippen molar-refractivity contribution in [3.63, 3.8) is 0 Å². The summed E-state index contributed by atoms with van der Waals surface area (Å²) in [5.74, 6) is 0. The van der Waals surface area contributed by atoms with Crippen LogP contribution in [0.25, 0.3) is 0 Å². The Hall–Kier alpha value is -1.25. The zero-order valence-corrected chi connectivity index (χ0v) is 10.2. The van der Waals surface area contributed by atoms with Crippen LogP contribution in [0.5, 0.6) is 0 Å². The fraction of sp³-hybridized carbons (Fsp3) is 0.615. The monoisotopic (exact) mass is 221 g/mol. The van der Waals surface area contributed by atoms with Crippen molar-refractivity contribution in [1.82, 2.24) is 4.57 Å². The van der Waals surface area contributed by atoms with Gasteiger partial charge in [0.2, 0.25) is 0 Å². The molecule has 1 aliphatic carbocycles. The first-order valence-corrected chi connectivity index (χ1v) is 5.90. The van der Waals surface area contributed by atoms with Gasteiger partial charge >= 0.3 is 6.09 Å². The van der Waals surface area contributed by atoms with E-state index in [1.807, 2.05) is 33.0 Å². The molecule has 1 heterocycles. The van der Waals surface area contributed by atoms with Gasteiger partial charge in [0.1, 0.15) is 5.60 Å². The number of nitrogens with zero attached hydrogens (tertiary/aromatic N) is 1. The van der Waals surface area contributed by atoms with Crippen LogP contribution in [0, 0.1) is 0 Å². The lowest BCUT2D eigenvalue weighted by Gasteiger charge is -2.21. The summed E-state index contributed by atoms with van der Waals surface area (Å²) in [6.07, 6.45) is 6.05. The lowest BCUT2D eigenvalue weighted by atomic mass is 9.98. The number of aryl methyl sites for hydroxylation is 1. The zero-order chi connectivity index (χ0) is 11.8. The largest absolute Gasteiger partial charge is 0.443 e. The molecule has 16 heavy (non-hydrogen) atoms. The highest BCUT2D eigenvalue weighted by Crippen LogP contribution is 2.23. The second-order valence-electron chi connectivity index (χ2n) is 5.35. The molecular formula is C13H19NO2. The molecule has 0 atom stereocenters. The number of hydrogen-bond donors (Lipinski definition) is 0. The maximum atomic E-state index is 11.9. The standard InChI is InChI=1S/C13H19NO2/c1-13(2,3)16-12(15)14-9-8-10-6-4-5-7-11(10)14/h8-9H,4-7H2,1-3H3. The molecular weight excluding hydrogens is 202 g/mol. The predicted octanol–water partition coefficient (Wildman–Crippen LogP) is 3.15. The van der Waals surface area contributed by atoms with E-state index >= 15 is 0 Å². The first-order valence-electron chi connectivity index (χ1n) is 5.90. The van der Waals surface area contributed by atoms with Crippen molar-refractivity contribution in [3.8, 4) is 0 Å². The van der Waals surface area contributed by atoms with Crippen LogP contribution in [0.15, 0.2) is 12.3 Å². The number of carbonyl (C=O) groups is 1. The number of aromatic nitrogens is 1. The fourth-order valence-electron chi connectivity index (χ4n) is 2.10. The summed E-state index contributed by atoms with van der Waals surface area (Å²) in [5.41, 5.74) is 2.01. The summed E-state index contributed by atoms with van der Waals surface area (Å²) in [5, 5.41) is 0. The van der Waals surface area contributed by atoms with Crippen LogP contribution in [0.3, 0.4) is 0 Å². The van der Waals surface area contributed by atoms with Crippen molar-refractivity contribution in [3.05, 3.63) is 23.5 Å². The van der Waals surface area contributed by atoms with E-state index in [1.165, 1.54) is 18.4 Å². The summed E-state index contributed by atoms with van der Waals surface area (Å²) in [4.78, 5) is 11.9. The first-order chi connectivity index (χ1) is 7.47. The molecule has 2 rings (SSSR count). The molecule has 3 nitrogen and oxygen atoms in total. The molecule has 1 aromatic heterocycles. The van der Waals surface area contributed by atoms with Crippen molar-refractivity contribution < 1.29 is 9.53 Å².